The Hall–Kier alpha value is -2.38. The van der Waals surface area contributed by atoms with Crippen LogP contribution in [-0.4, -0.2) is 27.2 Å². The highest BCUT2D eigenvalue weighted by Gasteiger charge is 2.28. The lowest BCUT2D eigenvalue weighted by molar-refractivity contribution is 0.0565. The maximum Gasteiger partial charge on any atom is 0.333 e. The lowest BCUT2D eigenvalue weighted by Gasteiger charge is -2.14. The van der Waals surface area contributed by atoms with Gasteiger partial charge in [-0.2, -0.15) is 13.9 Å². The fourth-order valence-corrected chi connectivity index (χ4v) is 2.15. The number of hydrogen-bond donors (Lipinski definition) is 0. The number of pyridine rings is 1. The summed E-state index contributed by atoms with van der Waals surface area (Å²) in [4.78, 5) is 17.4. The summed E-state index contributed by atoms with van der Waals surface area (Å²) in [6, 6.07) is 1.32. The summed E-state index contributed by atoms with van der Waals surface area (Å²) >= 11 is 0. The van der Waals surface area contributed by atoms with Gasteiger partial charge in [0.05, 0.1) is 18.0 Å². The smallest absolute Gasteiger partial charge is 0.292 e. The third-order valence-electron chi connectivity index (χ3n) is 3.06. The van der Waals surface area contributed by atoms with Gasteiger partial charge in [0.1, 0.15) is 11.6 Å². The van der Waals surface area contributed by atoms with Gasteiger partial charge in [-0.1, -0.05) is 0 Å². The largest absolute Gasteiger partial charge is 0.333 e. The Morgan fingerprint density at radius 1 is 1.35 bits per heavy atom. The summed E-state index contributed by atoms with van der Waals surface area (Å²) in [6.07, 6.45) is 3.56. The molecule has 0 spiro atoms. The molecule has 0 saturated carbocycles. The number of anilines is 1. The van der Waals surface area contributed by atoms with Crippen LogP contribution in [0.1, 0.15) is 22.5 Å². The Kier molecular flexibility index (Phi) is 2.92. The molecule has 8 heteroatoms. The van der Waals surface area contributed by atoms with Crippen LogP contribution in [-0.2, 0) is 6.42 Å². The zero-order valence-corrected chi connectivity index (χ0v) is 10.1. The first-order chi connectivity index (χ1) is 9.56. The first-order valence-corrected chi connectivity index (χ1v) is 5.85. The second-order valence-electron chi connectivity index (χ2n) is 4.33. The van der Waals surface area contributed by atoms with Gasteiger partial charge in [-0.25, -0.2) is 14.1 Å². The van der Waals surface area contributed by atoms with E-state index in [9.17, 15) is 18.0 Å². The minimum absolute atomic E-state index is 0.0456. The molecule has 20 heavy (non-hydrogen) atoms. The molecule has 0 N–H and O–H groups in total. The van der Waals surface area contributed by atoms with E-state index in [1.165, 1.54) is 11.0 Å². The Labute approximate surface area is 111 Å². The van der Waals surface area contributed by atoms with Gasteiger partial charge in [-0.15, -0.1) is 0 Å². The molecule has 0 aliphatic carbocycles. The number of alkyl halides is 2. The molecule has 1 aliphatic rings. The van der Waals surface area contributed by atoms with Crippen molar-refractivity contribution in [2.24, 2.45) is 0 Å². The number of halogens is 3. The average Bonchev–Trinajstić information content (AvgIpc) is 3.04. The molecule has 3 heterocycles. The average molecular weight is 282 g/mol. The van der Waals surface area contributed by atoms with Crippen molar-refractivity contribution in [1.29, 1.82) is 0 Å². The van der Waals surface area contributed by atoms with Crippen LogP contribution in [0.15, 0.2) is 24.7 Å². The fraction of sp³-hybridized carbons (Fsp3) is 0.250. The second kappa shape index (κ2) is 4.62. The first-order valence-electron chi connectivity index (χ1n) is 5.85. The van der Waals surface area contributed by atoms with E-state index >= 15 is 0 Å². The standard InChI is InChI=1S/C12H9F3N4O/c13-9-3-7-1-2-18(10(7)16-5-9)11(20)8-4-17-19(6-8)12(14)15/h3-6,12H,1-2H2. The van der Waals surface area contributed by atoms with Gasteiger partial charge in [0.15, 0.2) is 0 Å². The van der Waals surface area contributed by atoms with Crippen LogP contribution in [0.5, 0.6) is 0 Å². The molecule has 5 nitrogen and oxygen atoms in total. The SMILES string of the molecule is O=C(c1cnn(C(F)F)c1)N1CCc2cc(F)cnc21. The lowest BCUT2D eigenvalue weighted by atomic mass is 10.2. The van der Waals surface area contributed by atoms with Crippen LogP contribution < -0.4 is 4.90 Å². The molecule has 3 rings (SSSR count). The predicted molar refractivity (Wildman–Crippen MR) is 63.1 cm³/mol. The maximum atomic E-state index is 13.0. The number of aromatic nitrogens is 3. The molecule has 0 radical (unpaired) electrons. The van der Waals surface area contributed by atoms with E-state index in [4.69, 9.17) is 0 Å². The van der Waals surface area contributed by atoms with E-state index in [0.717, 1.165) is 18.6 Å². The van der Waals surface area contributed by atoms with Crippen LogP contribution in [0.3, 0.4) is 0 Å². The number of carbonyl (C=O) groups is 1. The summed E-state index contributed by atoms with van der Waals surface area (Å²) in [7, 11) is 0. The molecule has 1 amide bonds. The monoisotopic (exact) mass is 282 g/mol. The fourth-order valence-electron chi connectivity index (χ4n) is 2.15. The number of nitrogens with zero attached hydrogens (tertiary/aromatic N) is 4. The van der Waals surface area contributed by atoms with Crippen LogP contribution in [0.25, 0.3) is 0 Å². The number of rotatable bonds is 2. The molecule has 0 fully saturated rings. The highest BCUT2D eigenvalue weighted by molar-refractivity contribution is 6.06. The van der Waals surface area contributed by atoms with Gasteiger partial charge < -0.3 is 0 Å². The molecule has 0 aromatic carbocycles. The third-order valence-corrected chi connectivity index (χ3v) is 3.06. The van der Waals surface area contributed by atoms with Gasteiger partial charge in [-0.05, 0) is 18.1 Å². The van der Waals surface area contributed by atoms with Crippen molar-refractivity contribution < 1.29 is 18.0 Å². The van der Waals surface area contributed by atoms with E-state index in [2.05, 4.69) is 10.1 Å². The molecule has 104 valence electrons. The van der Waals surface area contributed by atoms with Crippen molar-refractivity contribution in [2.45, 2.75) is 13.0 Å². The van der Waals surface area contributed by atoms with Crippen molar-refractivity contribution in [1.82, 2.24) is 14.8 Å². The number of carbonyl (C=O) groups excluding carboxylic acids is 1. The van der Waals surface area contributed by atoms with Crippen molar-refractivity contribution in [3.05, 3.63) is 41.6 Å². The molecule has 1 aliphatic heterocycles. The number of hydrogen-bond acceptors (Lipinski definition) is 3. The molecule has 0 unspecified atom stereocenters. The normalized spacial score (nSPS) is 13.9. The zero-order chi connectivity index (χ0) is 14.3. The number of fused-ring (bicyclic) bond motifs is 1. The lowest BCUT2D eigenvalue weighted by Crippen LogP contribution is -2.29. The zero-order valence-electron chi connectivity index (χ0n) is 10.1. The topological polar surface area (TPSA) is 51.0 Å². The van der Waals surface area contributed by atoms with E-state index in [-0.39, 0.29) is 5.56 Å². The van der Waals surface area contributed by atoms with Crippen LogP contribution in [0.2, 0.25) is 0 Å². The molecular formula is C12H9F3N4O. The minimum atomic E-state index is -2.80. The minimum Gasteiger partial charge on any atom is -0.292 e. The van der Waals surface area contributed by atoms with Gasteiger partial charge in [-0.3, -0.25) is 9.69 Å². The van der Waals surface area contributed by atoms with Crippen molar-refractivity contribution in [3.63, 3.8) is 0 Å². The summed E-state index contributed by atoms with van der Waals surface area (Å²) in [5.41, 5.74) is 0.670. The van der Waals surface area contributed by atoms with Crippen LogP contribution >= 0.6 is 0 Å². The van der Waals surface area contributed by atoms with Gasteiger partial charge in [0, 0.05) is 12.7 Å². The highest BCUT2D eigenvalue weighted by atomic mass is 19.3. The Bertz CT molecular complexity index is 670. The molecule has 2 aromatic heterocycles. The molecule has 0 atom stereocenters. The Morgan fingerprint density at radius 3 is 2.85 bits per heavy atom. The summed E-state index contributed by atoms with van der Waals surface area (Å²) < 4.78 is 38.3. The molecule has 2 aromatic rings. The Balaban J connectivity index is 1.89. The second-order valence-corrected chi connectivity index (χ2v) is 4.33. The van der Waals surface area contributed by atoms with Crippen molar-refractivity contribution in [3.8, 4) is 0 Å². The van der Waals surface area contributed by atoms with E-state index in [1.54, 1.807) is 0 Å². The summed E-state index contributed by atoms with van der Waals surface area (Å²) in [6.45, 7) is -2.46. The third kappa shape index (κ3) is 2.02. The number of amides is 1. The van der Waals surface area contributed by atoms with Crippen LogP contribution in [0.4, 0.5) is 19.0 Å². The van der Waals surface area contributed by atoms with Gasteiger partial charge in [0.25, 0.3) is 5.91 Å². The van der Waals surface area contributed by atoms with Gasteiger partial charge in [0.2, 0.25) is 0 Å². The van der Waals surface area contributed by atoms with Crippen molar-refractivity contribution in [2.75, 3.05) is 11.4 Å². The van der Waals surface area contributed by atoms with E-state index < -0.39 is 18.3 Å². The molecule has 0 saturated heterocycles. The summed E-state index contributed by atoms with van der Waals surface area (Å²) in [5, 5.41) is 3.42. The molecular weight excluding hydrogens is 273 g/mol. The van der Waals surface area contributed by atoms with Crippen molar-refractivity contribution >= 4 is 11.7 Å². The maximum absolute atomic E-state index is 13.0. The van der Waals surface area contributed by atoms with E-state index in [1.807, 2.05) is 0 Å². The first kappa shape index (κ1) is 12.6. The quantitative estimate of drug-likeness (QED) is 0.846. The van der Waals surface area contributed by atoms with Gasteiger partial charge >= 0.3 is 6.55 Å². The van der Waals surface area contributed by atoms with Crippen LogP contribution in [0, 0.1) is 5.82 Å². The summed E-state index contributed by atoms with van der Waals surface area (Å²) in [5.74, 6) is -0.584. The predicted octanol–water partition coefficient (Wildman–Crippen LogP) is 2.02. The highest BCUT2D eigenvalue weighted by Crippen LogP contribution is 2.27. The Morgan fingerprint density at radius 2 is 2.15 bits per heavy atom. The molecule has 0 bridgehead atoms. The van der Waals surface area contributed by atoms with E-state index in [0.29, 0.717) is 29.0 Å².